The molecule has 1 N–H and O–H groups in total. The molecule has 0 spiro atoms. The zero-order valence-electron chi connectivity index (χ0n) is 13.2. The summed E-state index contributed by atoms with van der Waals surface area (Å²) in [6, 6.07) is 6.54. The maximum absolute atomic E-state index is 5.47. The first-order valence-corrected chi connectivity index (χ1v) is 6.89. The zero-order valence-corrected chi connectivity index (χ0v) is 13.2. The van der Waals surface area contributed by atoms with Crippen LogP contribution in [0.4, 0.5) is 0 Å². The fourth-order valence-corrected chi connectivity index (χ4v) is 2.17. The third-order valence-corrected chi connectivity index (χ3v) is 3.28. The fraction of sp³-hybridized carbons (Fsp3) is 0.625. The molecule has 0 aliphatic heterocycles. The Labute approximate surface area is 118 Å². The maximum Gasteiger partial charge on any atom is 0.122 e. The van der Waals surface area contributed by atoms with Crippen molar-refractivity contribution in [3.05, 3.63) is 29.3 Å². The van der Waals surface area contributed by atoms with Gasteiger partial charge < -0.3 is 10.1 Å². The maximum atomic E-state index is 5.47. The predicted octanol–water partition coefficient (Wildman–Crippen LogP) is 2.64. The van der Waals surface area contributed by atoms with Gasteiger partial charge in [-0.15, -0.1) is 0 Å². The molecule has 3 heteroatoms. The van der Waals surface area contributed by atoms with Gasteiger partial charge in [-0.2, -0.15) is 0 Å². The van der Waals surface area contributed by atoms with Crippen molar-refractivity contribution < 1.29 is 4.74 Å². The summed E-state index contributed by atoms with van der Waals surface area (Å²) in [5.41, 5.74) is 2.76. The summed E-state index contributed by atoms with van der Waals surface area (Å²) in [6.45, 7) is 8.64. The van der Waals surface area contributed by atoms with E-state index in [1.807, 2.05) is 7.05 Å². The van der Waals surface area contributed by atoms with E-state index in [-0.39, 0.29) is 5.41 Å². The number of likely N-dealkylation sites (N-methyl/N-ethyl adjacent to an activating group) is 1. The Morgan fingerprint density at radius 1 is 1.26 bits per heavy atom. The molecule has 0 radical (unpaired) electrons. The van der Waals surface area contributed by atoms with Gasteiger partial charge in [-0.1, -0.05) is 32.9 Å². The Morgan fingerprint density at radius 2 is 1.95 bits per heavy atom. The second kappa shape index (κ2) is 6.92. The van der Waals surface area contributed by atoms with Crippen LogP contribution >= 0.6 is 0 Å². The van der Waals surface area contributed by atoms with Crippen LogP contribution in [0.2, 0.25) is 0 Å². The van der Waals surface area contributed by atoms with Crippen molar-refractivity contribution in [1.29, 1.82) is 0 Å². The second-order valence-corrected chi connectivity index (χ2v) is 6.13. The van der Waals surface area contributed by atoms with E-state index in [1.165, 1.54) is 11.1 Å². The third-order valence-electron chi connectivity index (χ3n) is 3.28. The molecule has 0 unspecified atom stereocenters. The minimum Gasteiger partial charge on any atom is -0.496 e. The summed E-state index contributed by atoms with van der Waals surface area (Å²) in [5.74, 6) is 0.986. The second-order valence-electron chi connectivity index (χ2n) is 6.13. The molecule has 0 fully saturated rings. The Morgan fingerprint density at radius 3 is 2.47 bits per heavy atom. The van der Waals surface area contributed by atoms with Gasteiger partial charge in [0.1, 0.15) is 5.75 Å². The lowest BCUT2D eigenvalue weighted by atomic mass is 9.85. The number of hydrogen-bond acceptors (Lipinski definition) is 3. The van der Waals surface area contributed by atoms with Gasteiger partial charge in [-0.25, -0.2) is 0 Å². The largest absolute Gasteiger partial charge is 0.496 e. The molecular formula is C16H28N2O. The standard InChI is InChI=1S/C16H28N2O/c1-16(2,3)14-11-13(7-8-15(14)19-6)9-10-18(5)12-17-4/h7-8,11,17H,9-10,12H2,1-6H3. The molecule has 0 aliphatic rings. The summed E-state index contributed by atoms with van der Waals surface area (Å²) in [6.07, 6.45) is 1.06. The number of ether oxygens (including phenoxy) is 1. The van der Waals surface area contributed by atoms with Crippen LogP contribution < -0.4 is 10.1 Å². The van der Waals surface area contributed by atoms with Crippen molar-refractivity contribution in [3.63, 3.8) is 0 Å². The molecular weight excluding hydrogens is 236 g/mol. The first-order chi connectivity index (χ1) is 8.88. The molecule has 1 aromatic rings. The molecule has 1 rings (SSSR count). The third kappa shape index (κ3) is 4.84. The molecule has 0 saturated heterocycles. The highest BCUT2D eigenvalue weighted by atomic mass is 16.5. The van der Waals surface area contributed by atoms with E-state index in [9.17, 15) is 0 Å². The number of methoxy groups -OCH3 is 1. The van der Waals surface area contributed by atoms with Crippen LogP contribution in [0.15, 0.2) is 18.2 Å². The molecule has 19 heavy (non-hydrogen) atoms. The van der Waals surface area contributed by atoms with E-state index in [1.54, 1.807) is 7.11 Å². The van der Waals surface area contributed by atoms with E-state index < -0.39 is 0 Å². The van der Waals surface area contributed by atoms with Crippen molar-refractivity contribution in [2.24, 2.45) is 0 Å². The first-order valence-electron chi connectivity index (χ1n) is 6.89. The normalized spacial score (nSPS) is 11.9. The molecule has 0 heterocycles. The van der Waals surface area contributed by atoms with E-state index >= 15 is 0 Å². The van der Waals surface area contributed by atoms with Gasteiger partial charge >= 0.3 is 0 Å². The minimum absolute atomic E-state index is 0.109. The topological polar surface area (TPSA) is 24.5 Å². The van der Waals surface area contributed by atoms with E-state index in [0.717, 1.165) is 25.4 Å². The lowest BCUT2D eigenvalue weighted by Gasteiger charge is -2.23. The monoisotopic (exact) mass is 264 g/mol. The number of hydrogen-bond donors (Lipinski definition) is 1. The summed E-state index contributed by atoms with van der Waals surface area (Å²) >= 11 is 0. The molecule has 0 amide bonds. The molecule has 0 aliphatic carbocycles. The average Bonchev–Trinajstić information content (AvgIpc) is 2.35. The molecule has 0 bridgehead atoms. The number of rotatable bonds is 6. The highest BCUT2D eigenvalue weighted by Crippen LogP contribution is 2.32. The fourth-order valence-electron chi connectivity index (χ4n) is 2.17. The van der Waals surface area contributed by atoms with Gasteiger partial charge in [0, 0.05) is 13.2 Å². The number of benzene rings is 1. The smallest absolute Gasteiger partial charge is 0.122 e. The van der Waals surface area contributed by atoms with Crippen LogP contribution in [0.25, 0.3) is 0 Å². The van der Waals surface area contributed by atoms with Crippen LogP contribution in [-0.4, -0.2) is 39.3 Å². The van der Waals surface area contributed by atoms with Crippen molar-refractivity contribution >= 4 is 0 Å². The molecule has 0 atom stereocenters. The van der Waals surface area contributed by atoms with Gasteiger partial charge in [0.2, 0.25) is 0 Å². The van der Waals surface area contributed by atoms with Crippen molar-refractivity contribution in [2.75, 3.05) is 34.4 Å². The predicted molar refractivity (Wildman–Crippen MR) is 82.0 cm³/mol. The van der Waals surface area contributed by atoms with Gasteiger partial charge in [0.15, 0.2) is 0 Å². The zero-order chi connectivity index (χ0) is 14.5. The van der Waals surface area contributed by atoms with Crippen LogP contribution in [0.5, 0.6) is 5.75 Å². The van der Waals surface area contributed by atoms with Gasteiger partial charge in [0.05, 0.1) is 7.11 Å². The Bertz CT molecular complexity index is 396. The van der Waals surface area contributed by atoms with Gasteiger partial charge in [0.25, 0.3) is 0 Å². The number of nitrogens with zero attached hydrogens (tertiary/aromatic N) is 1. The molecule has 1 aromatic carbocycles. The first kappa shape index (κ1) is 16.0. The Kier molecular flexibility index (Phi) is 5.83. The van der Waals surface area contributed by atoms with Crippen LogP contribution in [0.3, 0.4) is 0 Å². The number of nitrogens with one attached hydrogen (secondary N) is 1. The van der Waals surface area contributed by atoms with E-state index in [0.29, 0.717) is 0 Å². The summed E-state index contributed by atoms with van der Waals surface area (Å²) in [5, 5.41) is 3.16. The summed E-state index contributed by atoms with van der Waals surface area (Å²) in [4.78, 5) is 2.28. The van der Waals surface area contributed by atoms with Crippen molar-refractivity contribution in [2.45, 2.75) is 32.6 Å². The minimum atomic E-state index is 0.109. The van der Waals surface area contributed by atoms with Crippen LogP contribution in [-0.2, 0) is 11.8 Å². The van der Waals surface area contributed by atoms with Crippen molar-refractivity contribution in [1.82, 2.24) is 10.2 Å². The Hall–Kier alpha value is -1.06. The Balaban J connectivity index is 2.81. The van der Waals surface area contributed by atoms with E-state index in [4.69, 9.17) is 4.74 Å². The van der Waals surface area contributed by atoms with Crippen LogP contribution in [0.1, 0.15) is 31.9 Å². The highest BCUT2D eigenvalue weighted by Gasteiger charge is 2.19. The lowest BCUT2D eigenvalue weighted by molar-refractivity contribution is 0.321. The quantitative estimate of drug-likeness (QED) is 0.799. The molecule has 0 saturated carbocycles. The molecule has 0 aromatic heterocycles. The van der Waals surface area contributed by atoms with E-state index in [2.05, 4.69) is 56.2 Å². The lowest BCUT2D eigenvalue weighted by Crippen LogP contribution is -2.30. The summed E-state index contributed by atoms with van der Waals surface area (Å²) < 4.78 is 5.47. The molecule has 108 valence electrons. The van der Waals surface area contributed by atoms with Gasteiger partial charge in [-0.05, 0) is 43.1 Å². The van der Waals surface area contributed by atoms with Crippen molar-refractivity contribution in [3.8, 4) is 5.75 Å². The SMILES string of the molecule is CNCN(C)CCc1ccc(OC)c(C(C)(C)C)c1. The average molecular weight is 264 g/mol. The van der Waals surface area contributed by atoms with Crippen LogP contribution in [0, 0.1) is 0 Å². The summed E-state index contributed by atoms with van der Waals surface area (Å²) in [7, 11) is 5.84. The molecule has 3 nitrogen and oxygen atoms in total. The van der Waals surface area contributed by atoms with Gasteiger partial charge in [-0.3, -0.25) is 4.90 Å². The highest BCUT2D eigenvalue weighted by molar-refractivity contribution is 5.41.